The van der Waals surface area contributed by atoms with Gasteiger partial charge in [0.1, 0.15) is 5.01 Å². The summed E-state index contributed by atoms with van der Waals surface area (Å²) in [5.41, 5.74) is 5.78. The van der Waals surface area contributed by atoms with E-state index in [1.165, 1.54) is 0 Å². The van der Waals surface area contributed by atoms with Crippen molar-refractivity contribution in [2.45, 2.75) is 24.8 Å². The molecule has 0 aliphatic carbocycles. The molecular formula is C27H21N5OS2. The molecule has 0 spiro atoms. The minimum atomic E-state index is -0.0993. The summed E-state index contributed by atoms with van der Waals surface area (Å²) < 4.78 is 3.66. The van der Waals surface area contributed by atoms with Crippen LogP contribution in [-0.4, -0.2) is 24.1 Å². The zero-order chi connectivity index (χ0) is 23.9. The van der Waals surface area contributed by atoms with Crippen LogP contribution >= 0.6 is 23.1 Å². The van der Waals surface area contributed by atoms with Gasteiger partial charge in [-0.05, 0) is 43.2 Å². The lowest BCUT2D eigenvalue weighted by Crippen LogP contribution is -2.22. The Kier molecular flexibility index (Phi) is 5.47. The van der Waals surface area contributed by atoms with Crippen LogP contribution in [0.3, 0.4) is 0 Å². The number of thioether (sulfide) groups is 1. The van der Waals surface area contributed by atoms with Crippen molar-refractivity contribution in [3.63, 3.8) is 0 Å². The first-order chi connectivity index (χ1) is 17.1. The molecule has 0 amide bonds. The molecule has 0 bridgehead atoms. The van der Waals surface area contributed by atoms with Crippen LogP contribution in [0.1, 0.15) is 16.8 Å². The number of aryl methyl sites for hydroxylation is 1. The Labute approximate surface area is 209 Å². The molecule has 0 fully saturated rings. The van der Waals surface area contributed by atoms with Gasteiger partial charge in [0.2, 0.25) is 5.78 Å². The van der Waals surface area contributed by atoms with Crippen molar-refractivity contribution in [1.29, 1.82) is 0 Å². The van der Waals surface area contributed by atoms with Crippen LogP contribution in [0.25, 0.3) is 32.9 Å². The SMILES string of the molecule is Cc1cccc(-n2c(=O)c3ccccc3n3c(SCc4csc(-c5ccccc5)n4)nnc23)c1C. The predicted octanol–water partition coefficient (Wildman–Crippen LogP) is 6.07. The lowest BCUT2D eigenvalue weighted by atomic mass is 10.1. The maximum absolute atomic E-state index is 13.6. The van der Waals surface area contributed by atoms with Gasteiger partial charge in [-0.15, -0.1) is 21.5 Å². The Morgan fingerprint density at radius 2 is 1.71 bits per heavy atom. The van der Waals surface area contributed by atoms with Gasteiger partial charge in [-0.3, -0.25) is 9.20 Å². The summed E-state index contributed by atoms with van der Waals surface area (Å²) in [6, 6.07) is 23.8. The third-order valence-electron chi connectivity index (χ3n) is 6.13. The molecule has 8 heteroatoms. The Bertz CT molecular complexity index is 1750. The Hall–Kier alpha value is -3.75. The number of thiazole rings is 1. The average Bonchev–Trinajstić information content (AvgIpc) is 3.53. The molecule has 35 heavy (non-hydrogen) atoms. The minimum absolute atomic E-state index is 0.0993. The van der Waals surface area contributed by atoms with Gasteiger partial charge in [-0.1, -0.05) is 66.4 Å². The molecule has 0 saturated carbocycles. The second-order valence-electron chi connectivity index (χ2n) is 8.29. The first-order valence-corrected chi connectivity index (χ1v) is 13.1. The molecule has 172 valence electrons. The normalized spacial score (nSPS) is 11.5. The van der Waals surface area contributed by atoms with E-state index in [1.54, 1.807) is 27.7 Å². The zero-order valence-electron chi connectivity index (χ0n) is 19.2. The number of hydrogen-bond acceptors (Lipinski definition) is 6. The van der Waals surface area contributed by atoms with Crippen LogP contribution in [0.2, 0.25) is 0 Å². The van der Waals surface area contributed by atoms with Crippen LogP contribution in [0.4, 0.5) is 0 Å². The molecule has 3 aromatic carbocycles. The molecule has 6 nitrogen and oxygen atoms in total. The summed E-state index contributed by atoms with van der Waals surface area (Å²) in [4.78, 5) is 18.4. The van der Waals surface area contributed by atoms with Crippen molar-refractivity contribution in [2.24, 2.45) is 0 Å². The average molecular weight is 496 g/mol. The second-order valence-corrected chi connectivity index (χ2v) is 10.1. The lowest BCUT2D eigenvalue weighted by molar-refractivity contribution is 0.927. The number of para-hydroxylation sites is 1. The summed E-state index contributed by atoms with van der Waals surface area (Å²) in [6.07, 6.45) is 0. The van der Waals surface area contributed by atoms with E-state index < -0.39 is 0 Å². The molecule has 0 aliphatic heterocycles. The van der Waals surface area contributed by atoms with E-state index in [1.807, 2.05) is 78.9 Å². The third kappa shape index (κ3) is 3.75. The van der Waals surface area contributed by atoms with Gasteiger partial charge in [0.05, 0.1) is 22.3 Å². The topological polar surface area (TPSA) is 65.1 Å². The highest BCUT2D eigenvalue weighted by Crippen LogP contribution is 2.29. The van der Waals surface area contributed by atoms with Crippen LogP contribution in [0, 0.1) is 13.8 Å². The first kappa shape index (κ1) is 21.8. The van der Waals surface area contributed by atoms with Crippen LogP contribution in [0.15, 0.2) is 88.1 Å². The zero-order valence-corrected chi connectivity index (χ0v) is 20.8. The molecular weight excluding hydrogens is 474 g/mol. The van der Waals surface area contributed by atoms with Crippen LogP contribution < -0.4 is 5.56 Å². The fraction of sp³-hybridized carbons (Fsp3) is 0.111. The lowest BCUT2D eigenvalue weighted by Gasteiger charge is -2.14. The van der Waals surface area contributed by atoms with E-state index >= 15 is 0 Å². The van der Waals surface area contributed by atoms with Gasteiger partial charge in [-0.25, -0.2) is 9.55 Å². The van der Waals surface area contributed by atoms with Gasteiger partial charge in [0, 0.05) is 16.7 Å². The summed E-state index contributed by atoms with van der Waals surface area (Å²) in [5.74, 6) is 1.16. The maximum Gasteiger partial charge on any atom is 0.267 e. The highest BCUT2D eigenvalue weighted by molar-refractivity contribution is 7.98. The molecule has 0 radical (unpaired) electrons. The van der Waals surface area contributed by atoms with Crippen LogP contribution in [0.5, 0.6) is 0 Å². The van der Waals surface area contributed by atoms with Crippen LogP contribution in [-0.2, 0) is 5.75 Å². The van der Waals surface area contributed by atoms with Crippen molar-refractivity contribution in [1.82, 2.24) is 24.1 Å². The van der Waals surface area contributed by atoms with Gasteiger partial charge in [0.25, 0.3) is 5.56 Å². The van der Waals surface area contributed by atoms with E-state index in [4.69, 9.17) is 4.98 Å². The number of hydrogen-bond donors (Lipinski definition) is 0. The molecule has 6 aromatic rings. The standard InChI is InChI=1S/C27H21N5OS2/c1-17-9-8-14-22(18(17)2)31-25(33)21-12-6-7-13-23(21)32-26(31)29-30-27(32)35-16-20-15-34-24(28-20)19-10-4-3-5-11-19/h3-15H,16H2,1-2H3. The second kappa shape index (κ2) is 8.79. The van der Waals surface area contributed by atoms with Gasteiger partial charge in [-0.2, -0.15) is 0 Å². The fourth-order valence-corrected chi connectivity index (χ4v) is 5.96. The Morgan fingerprint density at radius 1 is 0.914 bits per heavy atom. The van der Waals surface area contributed by atoms with E-state index in [0.717, 1.165) is 43.8 Å². The smallest absolute Gasteiger partial charge is 0.267 e. The number of aromatic nitrogens is 5. The number of fused-ring (bicyclic) bond motifs is 3. The molecule has 0 aliphatic rings. The molecule has 3 heterocycles. The van der Waals surface area contributed by atoms with Gasteiger partial charge < -0.3 is 0 Å². The number of benzene rings is 3. The van der Waals surface area contributed by atoms with Gasteiger partial charge in [0.15, 0.2) is 5.16 Å². The summed E-state index contributed by atoms with van der Waals surface area (Å²) in [5, 5.41) is 13.4. The highest BCUT2D eigenvalue weighted by atomic mass is 32.2. The molecule has 0 atom stereocenters. The number of nitrogens with zero attached hydrogens (tertiary/aromatic N) is 5. The molecule has 0 saturated heterocycles. The van der Waals surface area contributed by atoms with Crippen molar-refractivity contribution >= 4 is 39.8 Å². The van der Waals surface area contributed by atoms with Gasteiger partial charge >= 0.3 is 0 Å². The predicted molar refractivity (Wildman–Crippen MR) is 143 cm³/mol. The summed E-state index contributed by atoms with van der Waals surface area (Å²) in [7, 11) is 0. The minimum Gasteiger partial charge on any atom is -0.268 e. The van der Waals surface area contributed by atoms with E-state index in [-0.39, 0.29) is 5.56 Å². The molecule has 6 rings (SSSR count). The maximum atomic E-state index is 13.6. The van der Waals surface area contributed by atoms with E-state index in [9.17, 15) is 4.79 Å². The molecule has 3 aromatic heterocycles. The summed E-state index contributed by atoms with van der Waals surface area (Å²) in [6.45, 7) is 4.08. The molecule has 0 unspecified atom stereocenters. The highest BCUT2D eigenvalue weighted by Gasteiger charge is 2.19. The van der Waals surface area contributed by atoms with Crippen molar-refractivity contribution in [3.8, 4) is 16.3 Å². The fourth-order valence-electron chi connectivity index (χ4n) is 4.19. The van der Waals surface area contributed by atoms with Crippen molar-refractivity contribution in [3.05, 3.63) is 105 Å². The van der Waals surface area contributed by atoms with E-state index in [0.29, 0.717) is 16.9 Å². The van der Waals surface area contributed by atoms with E-state index in [2.05, 4.69) is 27.7 Å². The first-order valence-electron chi connectivity index (χ1n) is 11.2. The molecule has 0 N–H and O–H groups in total. The third-order valence-corrected chi connectivity index (χ3v) is 8.04. The Morgan fingerprint density at radius 3 is 2.57 bits per heavy atom. The summed E-state index contributed by atoms with van der Waals surface area (Å²) >= 11 is 3.21. The number of rotatable bonds is 5. The quantitative estimate of drug-likeness (QED) is 0.272. The van der Waals surface area contributed by atoms with Crippen molar-refractivity contribution in [2.75, 3.05) is 0 Å². The largest absolute Gasteiger partial charge is 0.268 e. The van der Waals surface area contributed by atoms with Crippen molar-refractivity contribution < 1.29 is 0 Å². The Balaban J connectivity index is 1.45. The monoisotopic (exact) mass is 495 g/mol.